The molecule has 3 aromatic rings. The first kappa shape index (κ1) is 23.1. The highest BCUT2D eigenvalue weighted by atomic mass is 16.5. The van der Waals surface area contributed by atoms with E-state index in [1.807, 2.05) is 92.7 Å². The molecule has 174 valence electrons. The van der Waals surface area contributed by atoms with Crippen LogP contribution in [0.2, 0.25) is 0 Å². The van der Waals surface area contributed by atoms with Gasteiger partial charge in [0.2, 0.25) is 0 Å². The van der Waals surface area contributed by atoms with Crippen molar-refractivity contribution in [2.24, 2.45) is 5.10 Å². The molecule has 0 radical (unpaired) electrons. The molecule has 0 saturated heterocycles. The van der Waals surface area contributed by atoms with Gasteiger partial charge in [-0.3, -0.25) is 4.79 Å². The predicted molar refractivity (Wildman–Crippen MR) is 135 cm³/mol. The van der Waals surface area contributed by atoms with Gasteiger partial charge in [-0.25, -0.2) is 0 Å². The van der Waals surface area contributed by atoms with Gasteiger partial charge in [-0.05, 0) is 61.9 Å². The van der Waals surface area contributed by atoms with Crippen LogP contribution in [-0.4, -0.2) is 31.9 Å². The van der Waals surface area contributed by atoms with E-state index < -0.39 is 0 Å². The lowest BCUT2D eigenvalue weighted by atomic mass is 10.1. The van der Waals surface area contributed by atoms with Crippen LogP contribution in [0.1, 0.15) is 24.5 Å². The number of amides is 1. The number of anilines is 1. The van der Waals surface area contributed by atoms with Crippen molar-refractivity contribution in [1.29, 1.82) is 0 Å². The molecule has 0 fully saturated rings. The molecule has 0 saturated carbocycles. The fourth-order valence-electron chi connectivity index (χ4n) is 3.55. The molecule has 6 nitrogen and oxygen atoms in total. The number of benzene rings is 3. The minimum absolute atomic E-state index is 0.156. The number of aryl methyl sites for hydroxylation is 1. The van der Waals surface area contributed by atoms with E-state index in [0.29, 0.717) is 36.0 Å². The first-order chi connectivity index (χ1) is 16.5. The van der Waals surface area contributed by atoms with Crippen molar-refractivity contribution in [3.63, 3.8) is 0 Å². The lowest BCUT2D eigenvalue weighted by Crippen LogP contribution is -2.21. The van der Waals surface area contributed by atoms with Crippen LogP contribution >= 0.6 is 0 Å². The van der Waals surface area contributed by atoms with Crippen molar-refractivity contribution in [3.8, 4) is 17.2 Å². The van der Waals surface area contributed by atoms with Crippen LogP contribution in [0.4, 0.5) is 5.69 Å². The van der Waals surface area contributed by atoms with Crippen LogP contribution in [-0.2, 0) is 4.79 Å². The van der Waals surface area contributed by atoms with Crippen molar-refractivity contribution < 1.29 is 19.0 Å². The highest BCUT2D eigenvalue weighted by Crippen LogP contribution is 2.30. The van der Waals surface area contributed by atoms with Crippen LogP contribution in [0.15, 0.2) is 83.5 Å². The van der Waals surface area contributed by atoms with E-state index in [-0.39, 0.29) is 5.91 Å². The predicted octanol–water partition coefficient (Wildman–Crippen LogP) is 5.66. The summed E-state index contributed by atoms with van der Waals surface area (Å²) in [6.45, 7) is 4.94. The van der Waals surface area contributed by atoms with Gasteiger partial charge in [0.05, 0.1) is 37.3 Å². The molecule has 0 spiro atoms. The van der Waals surface area contributed by atoms with Crippen molar-refractivity contribution in [1.82, 2.24) is 0 Å². The molecule has 3 aromatic carbocycles. The smallest absolute Gasteiger partial charge is 0.280 e. The Bertz CT molecular complexity index is 1200. The minimum Gasteiger partial charge on any atom is -0.493 e. The van der Waals surface area contributed by atoms with E-state index in [1.54, 1.807) is 7.11 Å². The van der Waals surface area contributed by atoms with Gasteiger partial charge in [0.1, 0.15) is 5.75 Å². The molecule has 34 heavy (non-hydrogen) atoms. The molecule has 1 aliphatic heterocycles. The number of hydrogen-bond donors (Lipinski definition) is 0. The topological polar surface area (TPSA) is 60.4 Å². The number of rotatable bonds is 9. The molecule has 1 heterocycles. The molecule has 6 heteroatoms. The number of para-hydroxylation sites is 1. The Balaban J connectivity index is 1.37. The normalized spacial score (nSPS) is 14.3. The number of hydrazone groups is 1. The van der Waals surface area contributed by atoms with Gasteiger partial charge in [-0.2, -0.15) is 10.1 Å². The van der Waals surface area contributed by atoms with Crippen molar-refractivity contribution >= 4 is 23.4 Å². The summed E-state index contributed by atoms with van der Waals surface area (Å²) in [6, 6.07) is 23.0. The lowest BCUT2D eigenvalue weighted by Gasteiger charge is -2.12. The summed E-state index contributed by atoms with van der Waals surface area (Å²) in [5.41, 5.74) is 3.99. The van der Waals surface area contributed by atoms with E-state index in [4.69, 9.17) is 14.2 Å². The average Bonchev–Trinajstić information content (AvgIpc) is 3.14. The fraction of sp³-hybridized carbons (Fsp3) is 0.214. The maximum absolute atomic E-state index is 12.9. The molecule has 0 N–H and O–H groups in total. The molecular formula is C28H28N2O4. The molecule has 0 bridgehead atoms. The Labute approximate surface area is 200 Å². The van der Waals surface area contributed by atoms with Gasteiger partial charge in [0.15, 0.2) is 11.5 Å². The Morgan fingerprint density at radius 2 is 1.62 bits per heavy atom. The van der Waals surface area contributed by atoms with Crippen LogP contribution in [0, 0.1) is 6.92 Å². The number of hydrogen-bond acceptors (Lipinski definition) is 5. The van der Waals surface area contributed by atoms with E-state index in [1.165, 1.54) is 10.6 Å². The summed E-state index contributed by atoms with van der Waals surface area (Å²) in [6.07, 6.45) is 2.56. The zero-order valence-corrected chi connectivity index (χ0v) is 19.7. The molecule has 4 rings (SSSR count). The number of methoxy groups -OCH3 is 1. The summed E-state index contributed by atoms with van der Waals surface area (Å²) in [5, 5.41) is 5.85. The molecule has 0 aromatic heterocycles. The first-order valence-corrected chi connectivity index (χ1v) is 11.2. The Morgan fingerprint density at radius 1 is 0.882 bits per heavy atom. The number of carbonyl (C=O) groups is 1. The van der Waals surface area contributed by atoms with Gasteiger partial charge in [0, 0.05) is 6.42 Å². The van der Waals surface area contributed by atoms with Gasteiger partial charge in [-0.15, -0.1) is 0 Å². The SMILES string of the molecule is COc1cc(C=C2C(=O)N(c3ccccc3)N=C2C)ccc1OCCCOc1ccc(C)cc1. The maximum atomic E-state index is 12.9. The van der Waals surface area contributed by atoms with Crippen LogP contribution < -0.4 is 19.2 Å². The highest BCUT2D eigenvalue weighted by Gasteiger charge is 2.28. The largest absolute Gasteiger partial charge is 0.493 e. The first-order valence-electron chi connectivity index (χ1n) is 11.2. The molecular weight excluding hydrogens is 428 g/mol. The number of nitrogens with zero attached hydrogens (tertiary/aromatic N) is 2. The van der Waals surface area contributed by atoms with Gasteiger partial charge in [-0.1, -0.05) is 42.0 Å². The maximum Gasteiger partial charge on any atom is 0.280 e. The third-order valence-corrected chi connectivity index (χ3v) is 5.40. The quantitative estimate of drug-likeness (QED) is 0.308. The lowest BCUT2D eigenvalue weighted by molar-refractivity contribution is -0.114. The number of carbonyl (C=O) groups excluding carboxylic acids is 1. The van der Waals surface area contributed by atoms with Crippen molar-refractivity contribution in [2.75, 3.05) is 25.3 Å². The zero-order chi connectivity index (χ0) is 23.9. The number of ether oxygens (including phenoxy) is 3. The van der Waals surface area contributed by atoms with Crippen molar-refractivity contribution in [2.45, 2.75) is 20.3 Å². The average molecular weight is 457 g/mol. The van der Waals surface area contributed by atoms with Gasteiger partial charge >= 0.3 is 0 Å². The molecule has 1 amide bonds. The highest BCUT2D eigenvalue weighted by molar-refractivity contribution is 6.32. The van der Waals surface area contributed by atoms with E-state index in [0.717, 1.165) is 23.4 Å². The summed E-state index contributed by atoms with van der Waals surface area (Å²) < 4.78 is 17.2. The zero-order valence-electron chi connectivity index (χ0n) is 19.7. The molecule has 1 aliphatic rings. The third kappa shape index (κ3) is 5.46. The minimum atomic E-state index is -0.156. The van der Waals surface area contributed by atoms with E-state index >= 15 is 0 Å². The molecule has 0 aliphatic carbocycles. The Morgan fingerprint density at radius 3 is 2.35 bits per heavy atom. The summed E-state index contributed by atoms with van der Waals surface area (Å²) in [5.74, 6) is 1.95. The van der Waals surface area contributed by atoms with Crippen molar-refractivity contribution in [3.05, 3.63) is 89.5 Å². The van der Waals surface area contributed by atoms with Crippen LogP contribution in [0.3, 0.4) is 0 Å². The Hall–Kier alpha value is -4.06. The van der Waals surface area contributed by atoms with E-state index in [2.05, 4.69) is 5.10 Å². The van der Waals surface area contributed by atoms with E-state index in [9.17, 15) is 4.79 Å². The van der Waals surface area contributed by atoms with Gasteiger partial charge < -0.3 is 14.2 Å². The molecule has 0 atom stereocenters. The second-order valence-electron chi connectivity index (χ2n) is 7.97. The summed E-state index contributed by atoms with van der Waals surface area (Å²) in [4.78, 5) is 12.9. The second kappa shape index (κ2) is 10.7. The molecule has 0 unspecified atom stereocenters. The third-order valence-electron chi connectivity index (χ3n) is 5.40. The van der Waals surface area contributed by atoms with Gasteiger partial charge in [0.25, 0.3) is 5.91 Å². The Kier molecular flexibility index (Phi) is 7.28. The van der Waals surface area contributed by atoms with Crippen LogP contribution in [0.5, 0.6) is 17.2 Å². The standard InChI is InChI=1S/C28H28N2O4/c1-20-10-13-24(14-11-20)33-16-7-17-34-26-15-12-22(19-27(26)32-3)18-25-21(2)29-30(28(25)31)23-8-5-4-6-9-23/h4-6,8-15,18-19H,7,16-17H2,1-3H3. The second-order valence-corrected chi connectivity index (χ2v) is 7.97. The summed E-state index contributed by atoms with van der Waals surface area (Å²) >= 11 is 0. The van der Waals surface area contributed by atoms with Crippen LogP contribution in [0.25, 0.3) is 6.08 Å². The fourth-order valence-corrected chi connectivity index (χ4v) is 3.55. The monoisotopic (exact) mass is 456 g/mol. The summed E-state index contributed by atoms with van der Waals surface area (Å²) in [7, 11) is 1.60.